The van der Waals surface area contributed by atoms with E-state index >= 15 is 0 Å². The van der Waals surface area contributed by atoms with Crippen molar-refractivity contribution in [3.63, 3.8) is 0 Å². The summed E-state index contributed by atoms with van der Waals surface area (Å²) in [6.45, 7) is 0. The van der Waals surface area contributed by atoms with E-state index in [-0.39, 0.29) is 0 Å². The molecule has 0 atom stereocenters. The number of hydrogen-bond donors (Lipinski definition) is 0. The maximum Gasteiger partial charge on any atom is 0.182 e. The second-order valence-electron chi connectivity index (χ2n) is 3.03. The van der Waals surface area contributed by atoms with Gasteiger partial charge in [-0.25, -0.2) is 9.97 Å². The van der Waals surface area contributed by atoms with Crippen molar-refractivity contribution in [3.8, 4) is 17.0 Å². The van der Waals surface area contributed by atoms with Crippen LogP contribution in [0.4, 0.5) is 0 Å². The molecule has 0 bridgehead atoms. The Labute approximate surface area is 107 Å². The van der Waals surface area contributed by atoms with E-state index in [4.69, 9.17) is 16.3 Å². The van der Waals surface area contributed by atoms with Crippen molar-refractivity contribution in [1.29, 1.82) is 0 Å². The van der Waals surface area contributed by atoms with Crippen molar-refractivity contribution in [1.82, 2.24) is 9.97 Å². The molecule has 2 rings (SSSR count). The van der Waals surface area contributed by atoms with E-state index < -0.39 is 0 Å². The molecular formula is C11H8BrClN2O. The standard InChI is InChI=1S/C11H8BrClN2O/c1-16-10-9(14-6-15-11(10)13)7-4-2-3-5-8(7)12/h2-6H,1H3. The SMILES string of the molecule is COc1c(Cl)ncnc1-c1ccccc1Br. The summed E-state index contributed by atoms with van der Waals surface area (Å²) in [7, 11) is 1.55. The third kappa shape index (κ3) is 2.03. The Balaban J connectivity index is 2.65. The number of benzene rings is 1. The lowest BCUT2D eigenvalue weighted by molar-refractivity contribution is 0.413. The van der Waals surface area contributed by atoms with E-state index in [9.17, 15) is 0 Å². The van der Waals surface area contributed by atoms with E-state index in [0.717, 1.165) is 10.0 Å². The summed E-state index contributed by atoms with van der Waals surface area (Å²) in [6.07, 6.45) is 1.42. The number of hydrogen-bond acceptors (Lipinski definition) is 3. The van der Waals surface area contributed by atoms with Crippen LogP contribution in [-0.2, 0) is 0 Å². The number of aromatic nitrogens is 2. The molecule has 1 aromatic heterocycles. The van der Waals surface area contributed by atoms with E-state index in [1.807, 2.05) is 24.3 Å². The van der Waals surface area contributed by atoms with Crippen LogP contribution in [0.3, 0.4) is 0 Å². The molecule has 0 aliphatic heterocycles. The van der Waals surface area contributed by atoms with Gasteiger partial charge in [0, 0.05) is 10.0 Å². The second-order valence-corrected chi connectivity index (χ2v) is 4.24. The number of ether oxygens (including phenoxy) is 1. The average Bonchev–Trinajstić information content (AvgIpc) is 2.29. The van der Waals surface area contributed by atoms with Gasteiger partial charge in [0.15, 0.2) is 10.9 Å². The molecule has 0 amide bonds. The van der Waals surface area contributed by atoms with Gasteiger partial charge in [-0.15, -0.1) is 0 Å². The van der Waals surface area contributed by atoms with Gasteiger partial charge in [0.25, 0.3) is 0 Å². The van der Waals surface area contributed by atoms with Gasteiger partial charge in [-0.2, -0.15) is 0 Å². The Bertz CT molecular complexity index is 519. The Morgan fingerprint density at radius 1 is 1.25 bits per heavy atom. The Hall–Kier alpha value is -1.13. The highest BCUT2D eigenvalue weighted by molar-refractivity contribution is 9.10. The first-order valence-electron chi connectivity index (χ1n) is 4.53. The summed E-state index contributed by atoms with van der Waals surface area (Å²) in [5, 5.41) is 0.309. The smallest absolute Gasteiger partial charge is 0.182 e. The molecule has 2 aromatic rings. The van der Waals surface area contributed by atoms with Gasteiger partial charge in [-0.05, 0) is 6.07 Å². The highest BCUT2D eigenvalue weighted by Crippen LogP contribution is 2.35. The van der Waals surface area contributed by atoms with Crippen molar-refractivity contribution >= 4 is 27.5 Å². The average molecular weight is 300 g/mol. The lowest BCUT2D eigenvalue weighted by atomic mass is 10.1. The van der Waals surface area contributed by atoms with Gasteiger partial charge in [-0.3, -0.25) is 0 Å². The van der Waals surface area contributed by atoms with Crippen molar-refractivity contribution in [2.75, 3.05) is 7.11 Å². The van der Waals surface area contributed by atoms with Crippen molar-refractivity contribution in [2.24, 2.45) is 0 Å². The topological polar surface area (TPSA) is 35.0 Å². The maximum absolute atomic E-state index is 5.94. The molecule has 82 valence electrons. The summed E-state index contributed by atoms with van der Waals surface area (Å²) in [6, 6.07) is 7.73. The molecule has 0 aliphatic carbocycles. The lowest BCUT2D eigenvalue weighted by Crippen LogP contribution is -1.94. The molecule has 1 heterocycles. The van der Waals surface area contributed by atoms with Gasteiger partial charge >= 0.3 is 0 Å². The normalized spacial score (nSPS) is 10.2. The predicted molar refractivity (Wildman–Crippen MR) is 66.7 cm³/mol. The molecule has 0 saturated heterocycles. The van der Waals surface area contributed by atoms with E-state index in [2.05, 4.69) is 25.9 Å². The zero-order valence-electron chi connectivity index (χ0n) is 8.45. The summed E-state index contributed by atoms with van der Waals surface area (Å²) in [5.74, 6) is 0.482. The summed E-state index contributed by atoms with van der Waals surface area (Å²) in [5.41, 5.74) is 1.60. The van der Waals surface area contributed by atoms with Gasteiger partial charge < -0.3 is 4.74 Å². The lowest BCUT2D eigenvalue weighted by Gasteiger charge is -2.09. The molecule has 3 nitrogen and oxygen atoms in total. The first-order chi connectivity index (χ1) is 7.74. The van der Waals surface area contributed by atoms with Gasteiger partial charge in [0.1, 0.15) is 12.0 Å². The Kier molecular flexibility index (Phi) is 3.41. The quantitative estimate of drug-likeness (QED) is 0.795. The maximum atomic E-state index is 5.94. The van der Waals surface area contributed by atoms with Crippen LogP contribution in [0.15, 0.2) is 35.1 Å². The molecule has 0 aliphatic rings. The van der Waals surface area contributed by atoms with Crippen LogP contribution < -0.4 is 4.74 Å². The summed E-state index contributed by atoms with van der Waals surface area (Å²) in [4.78, 5) is 8.07. The van der Waals surface area contributed by atoms with Crippen molar-refractivity contribution in [2.45, 2.75) is 0 Å². The fourth-order valence-electron chi connectivity index (χ4n) is 1.38. The third-order valence-electron chi connectivity index (χ3n) is 2.09. The Morgan fingerprint density at radius 3 is 2.69 bits per heavy atom. The molecule has 0 fully saturated rings. The first kappa shape index (κ1) is 11.4. The molecule has 0 N–H and O–H groups in total. The molecule has 0 saturated carbocycles. The molecule has 16 heavy (non-hydrogen) atoms. The van der Waals surface area contributed by atoms with Crippen LogP contribution in [0.5, 0.6) is 5.75 Å². The fraction of sp³-hybridized carbons (Fsp3) is 0.0909. The highest BCUT2D eigenvalue weighted by atomic mass is 79.9. The zero-order valence-corrected chi connectivity index (χ0v) is 10.8. The number of rotatable bonds is 2. The van der Waals surface area contributed by atoms with Crippen LogP contribution in [0, 0.1) is 0 Å². The van der Waals surface area contributed by atoms with Crippen LogP contribution in [-0.4, -0.2) is 17.1 Å². The van der Waals surface area contributed by atoms with Gasteiger partial charge in [0.2, 0.25) is 0 Å². The number of halogens is 2. The Morgan fingerprint density at radius 2 is 2.00 bits per heavy atom. The van der Waals surface area contributed by atoms with Crippen molar-refractivity contribution < 1.29 is 4.74 Å². The molecule has 0 radical (unpaired) electrons. The largest absolute Gasteiger partial charge is 0.491 e. The van der Waals surface area contributed by atoms with Crippen molar-refractivity contribution in [3.05, 3.63) is 40.2 Å². The monoisotopic (exact) mass is 298 g/mol. The molecule has 1 aromatic carbocycles. The highest BCUT2D eigenvalue weighted by Gasteiger charge is 2.13. The van der Waals surface area contributed by atoms with E-state index in [1.165, 1.54) is 6.33 Å². The third-order valence-corrected chi connectivity index (χ3v) is 3.05. The zero-order chi connectivity index (χ0) is 11.5. The van der Waals surface area contributed by atoms with E-state index in [0.29, 0.717) is 16.6 Å². The summed E-state index contributed by atoms with van der Waals surface area (Å²) >= 11 is 9.40. The first-order valence-corrected chi connectivity index (χ1v) is 5.70. The van der Waals surface area contributed by atoms with Gasteiger partial charge in [-0.1, -0.05) is 45.7 Å². The fourth-order valence-corrected chi connectivity index (χ4v) is 2.06. The van der Waals surface area contributed by atoms with Crippen LogP contribution in [0.25, 0.3) is 11.3 Å². The van der Waals surface area contributed by atoms with E-state index in [1.54, 1.807) is 7.11 Å². The van der Waals surface area contributed by atoms with Crippen LogP contribution >= 0.6 is 27.5 Å². The minimum atomic E-state index is 0.309. The predicted octanol–water partition coefficient (Wildman–Crippen LogP) is 3.57. The minimum Gasteiger partial charge on any atom is -0.491 e. The van der Waals surface area contributed by atoms with Gasteiger partial charge in [0.05, 0.1) is 7.11 Å². The number of methoxy groups -OCH3 is 1. The summed E-state index contributed by atoms with van der Waals surface area (Å²) < 4.78 is 6.14. The number of nitrogens with zero attached hydrogens (tertiary/aromatic N) is 2. The molecule has 0 unspecified atom stereocenters. The molecular weight excluding hydrogens is 291 g/mol. The van der Waals surface area contributed by atoms with Crippen LogP contribution in [0.2, 0.25) is 5.15 Å². The minimum absolute atomic E-state index is 0.309. The molecule has 5 heteroatoms. The van der Waals surface area contributed by atoms with Crippen LogP contribution in [0.1, 0.15) is 0 Å². The molecule has 0 spiro atoms. The second kappa shape index (κ2) is 4.80.